The van der Waals surface area contributed by atoms with Crippen molar-refractivity contribution in [3.05, 3.63) is 0 Å². The minimum absolute atomic E-state index is 0.0106. The zero-order chi connectivity index (χ0) is 13.9. The van der Waals surface area contributed by atoms with Gasteiger partial charge in [0.2, 0.25) is 11.8 Å². The quantitative estimate of drug-likeness (QED) is 0.850. The molecule has 19 heavy (non-hydrogen) atoms. The van der Waals surface area contributed by atoms with E-state index in [1.165, 1.54) is 32.1 Å². The van der Waals surface area contributed by atoms with E-state index in [0.29, 0.717) is 19.4 Å². The number of hydrogen-bond donors (Lipinski definition) is 1. The molecule has 1 unspecified atom stereocenters. The second-order valence-electron chi connectivity index (χ2n) is 6.41. The molecular formula is C15H26N2O2. The molecule has 1 saturated carbocycles. The van der Waals surface area contributed by atoms with Crippen molar-refractivity contribution in [1.29, 1.82) is 0 Å². The van der Waals surface area contributed by atoms with Crippen LogP contribution in [0.15, 0.2) is 0 Å². The smallest absolute Gasteiger partial charge is 0.245 e. The van der Waals surface area contributed by atoms with Gasteiger partial charge in [-0.05, 0) is 24.7 Å². The first kappa shape index (κ1) is 14.4. The first-order valence-electron chi connectivity index (χ1n) is 7.62. The van der Waals surface area contributed by atoms with Crippen molar-refractivity contribution in [3.8, 4) is 0 Å². The van der Waals surface area contributed by atoms with Crippen LogP contribution in [0.1, 0.15) is 58.8 Å². The summed E-state index contributed by atoms with van der Waals surface area (Å²) in [6.07, 6.45) is 7.39. The molecule has 2 fully saturated rings. The molecule has 1 saturated heterocycles. The molecule has 4 heteroatoms. The van der Waals surface area contributed by atoms with Crippen LogP contribution in [0.5, 0.6) is 0 Å². The molecular weight excluding hydrogens is 240 g/mol. The lowest BCUT2D eigenvalue weighted by atomic mass is 9.75. The number of rotatable bonds is 3. The summed E-state index contributed by atoms with van der Waals surface area (Å²) in [5.41, 5.74) is 0.250. The Labute approximate surface area is 115 Å². The Hall–Kier alpha value is -1.06. The van der Waals surface area contributed by atoms with Crippen LogP contribution in [0.2, 0.25) is 0 Å². The average Bonchev–Trinajstić information content (AvgIpc) is 2.52. The third-order valence-electron chi connectivity index (χ3n) is 4.60. The molecule has 108 valence electrons. The van der Waals surface area contributed by atoms with E-state index in [4.69, 9.17) is 0 Å². The van der Waals surface area contributed by atoms with Crippen LogP contribution in [-0.4, -0.2) is 35.8 Å². The fourth-order valence-corrected chi connectivity index (χ4v) is 3.35. The predicted octanol–water partition coefficient (Wildman–Crippen LogP) is 2.08. The Morgan fingerprint density at radius 1 is 1.26 bits per heavy atom. The van der Waals surface area contributed by atoms with Crippen molar-refractivity contribution in [2.75, 3.05) is 13.1 Å². The highest BCUT2D eigenvalue weighted by Crippen LogP contribution is 2.36. The van der Waals surface area contributed by atoms with Crippen molar-refractivity contribution in [2.24, 2.45) is 5.41 Å². The van der Waals surface area contributed by atoms with Gasteiger partial charge < -0.3 is 10.2 Å². The number of nitrogens with one attached hydrogen (secondary N) is 1. The van der Waals surface area contributed by atoms with E-state index < -0.39 is 0 Å². The lowest BCUT2D eigenvalue weighted by molar-refractivity contribution is -0.135. The maximum atomic E-state index is 12.4. The molecule has 2 amide bonds. The zero-order valence-electron chi connectivity index (χ0n) is 12.2. The molecule has 1 atom stereocenters. The van der Waals surface area contributed by atoms with Crippen molar-refractivity contribution in [2.45, 2.75) is 64.8 Å². The van der Waals surface area contributed by atoms with Gasteiger partial charge in [-0.3, -0.25) is 9.59 Å². The molecule has 0 aromatic carbocycles. The minimum atomic E-state index is -0.317. The van der Waals surface area contributed by atoms with Gasteiger partial charge in [-0.25, -0.2) is 0 Å². The van der Waals surface area contributed by atoms with Gasteiger partial charge in [0.15, 0.2) is 0 Å². The second-order valence-corrected chi connectivity index (χ2v) is 6.41. The van der Waals surface area contributed by atoms with Crippen LogP contribution >= 0.6 is 0 Å². The number of hydrogen-bond acceptors (Lipinski definition) is 2. The molecule has 1 aliphatic carbocycles. The number of amides is 2. The topological polar surface area (TPSA) is 49.4 Å². The fourth-order valence-electron chi connectivity index (χ4n) is 3.35. The Balaban J connectivity index is 2.04. The summed E-state index contributed by atoms with van der Waals surface area (Å²) in [6, 6.07) is -0.317. The largest absolute Gasteiger partial charge is 0.344 e. The number of carbonyl (C=O) groups excluding carboxylic acids is 2. The maximum Gasteiger partial charge on any atom is 0.245 e. The van der Waals surface area contributed by atoms with Gasteiger partial charge >= 0.3 is 0 Å². The monoisotopic (exact) mass is 266 g/mol. The number of carbonyl (C=O) groups is 2. The van der Waals surface area contributed by atoms with E-state index in [-0.39, 0.29) is 23.3 Å². The highest BCUT2D eigenvalue weighted by molar-refractivity contribution is 5.89. The molecule has 2 rings (SSSR count). The summed E-state index contributed by atoms with van der Waals surface area (Å²) in [5, 5.41) is 2.83. The van der Waals surface area contributed by atoms with Gasteiger partial charge in [-0.15, -0.1) is 0 Å². The van der Waals surface area contributed by atoms with Crippen molar-refractivity contribution in [1.82, 2.24) is 10.2 Å². The fraction of sp³-hybridized carbons (Fsp3) is 0.867. The van der Waals surface area contributed by atoms with Gasteiger partial charge in [0.25, 0.3) is 0 Å². The summed E-state index contributed by atoms with van der Waals surface area (Å²) < 4.78 is 0. The van der Waals surface area contributed by atoms with E-state index in [1.54, 1.807) is 0 Å². The van der Waals surface area contributed by atoms with E-state index in [9.17, 15) is 9.59 Å². The van der Waals surface area contributed by atoms with E-state index in [2.05, 4.69) is 12.2 Å². The van der Waals surface area contributed by atoms with Crippen molar-refractivity contribution < 1.29 is 9.59 Å². The van der Waals surface area contributed by atoms with Crippen LogP contribution in [0.25, 0.3) is 0 Å². The SMILES string of the molecule is CCC1NC(=O)CCN(CC2(C)CCCCC2)C1=O. The van der Waals surface area contributed by atoms with Gasteiger partial charge in [0.05, 0.1) is 0 Å². The Morgan fingerprint density at radius 2 is 1.95 bits per heavy atom. The highest BCUT2D eigenvalue weighted by atomic mass is 16.2. The summed E-state index contributed by atoms with van der Waals surface area (Å²) >= 11 is 0. The standard InChI is InChI=1S/C15H26N2O2/c1-3-12-14(19)17(10-7-13(18)16-12)11-15(2)8-5-4-6-9-15/h12H,3-11H2,1-2H3,(H,16,18). The number of nitrogens with zero attached hydrogens (tertiary/aromatic N) is 1. The first-order valence-corrected chi connectivity index (χ1v) is 7.62. The van der Waals surface area contributed by atoms with E-state index in [1.807, 2.05) is 11.8 Å². The molecule has 4 nitrogen and oxygen atoms in total. The van der Waals surface area contributed by atoms with Crippen LogP contribution in [0.4, 0.5) is 0 Å². The van der Waals surface area contributed by atoms with Gasteiger partial charge in [-0.1, -0.05) is 33.1 Å². The molecule has 1 aliphatic heterocycles. The average molecular weight is 266 g/mol. The molecule has 0 bridgehead atoms. The minimum Gasteiger partial charge on any atom is -0.344 e. The normalized spacial score (nSPS) is 27.9. The predicted molar refractivity (Wildman–Crippen MR) is 74.6 cm³/mol. The van der Waals surface area contributed by atoms with E-state index >= 15 is 0 Å². The summed E-state index contributed by atoms with van der Waals surface area (Å²) in [6.45, 7) is 5.64. The Bertz CT molecular complexity index is 348. The summed E-state index contributed by atoms with van der Waals surface area (Å²) in [7, 11) is 0. The maximum absolute atomic E-state index is 12.4. The van der Waals surface area contributed by atoms with Crippen LogP contribution < -0.4 is 5.32 Å². The molecule has 0 radical (unpaired) electrons. The van der Waals surface area contributed by atoms with Crippen LogP contribution in [-0.2, 0) is 9.59 Å². The lowest BCUT2D eigenvalue weighted by Gasteiger charge is -2.38. The molecule has 0 aromatic heterocycles. The molecule has 1 heterocycles. The van der Waals surface area contributed by atoms with E-state index in [0.717, 1.165) is 6.54 Å². The van der Waals surface area contributed by atoms with Crippen LogP contribution in [0, 0.1) is 5.41 Å². The third kappa shape index (κ3) is 3.48. The van der Waals surface area contributed by atoms with Gasteiger partial charge in [-0.2, -0.15) is 0 Å². The lowest BCUT2D eigenvalue weighted by Crippen LogP contribution is -2.47. The second kappa shape index (κ2) is 5.93. The van der Waals surface area contributed by atoms with Crippen molar-refractivity contribution in [3.63, 3.8) is 0 Å². The zero-order valence-corrected chi connectivity index (χ0v) is 12.2. The third-order valence-corrected chi connectivity index (χ3v) is 4.60. The van der Waals surface area contributed by atoms with Crippen molar-refractivity contribution >= 4 is 11.8 Å². The highest BCUT2D eigenvalue weighted by Gasteiger charge is 2.34. The summed E-state index contributed by atoms with van der Waals surface area (Å²) in [4.78, 5) is 26.0. The van der Waals surface area contributed by atoms with Gasteiger partial charge in [0, 0.05) is 19.5 Å². The molecule has 0 aromatic rings. The first-order chi connectivity index (χ1) is 9.04. The Kier molecular flexibility index (Phi) is 4.48. The Morgan fingerprint density at radius 3 is 2.58 bits per heavy atom. The molecule has 0 spiro atoms. The molecule has 1 N–H and O–H groups in total. The summed E-state index contributed by atoms with van der Waals surface area (Å²) in [5.74, 6) is 0.122. The van der Waals surface area contributed by atoms with Crippen LogP contribution in [0.3, 0.4) is 0 Å². The molecule has 2 aliphatic rings. The van der Waals surface area contributed by atoms with Gasteiger partial charge in [0.1, 0.15) is 6.04 Å².